The summed E-state index contributed by atoms with van der Waals surface area (Å²) in [6.45, 7) is 1.92. The standard InChI is InChI=1S/C15H19NO4/c1-15(8-3-2-4-9-15)14(20)16-11-7-5-6-10(12(11)17)13(18)19/h5-7,17H,2-4,8-9H2,1H3,(H,16,20)(H,18,19). The molecule has 0 bridgehead atoms. The van der Waals surface area contributed by atoms with E-state index in [-0.39, 0.29) is 17.2 Å². The zero-order valence-corrected chi connectivity index (χ0v) is 11.5. The van der Waals surface area contributed by atoms with Crippen molar-refractivity contribution in [3.05, 3.63) is 23.8 Å². The second kappa shape index (κ2) is 5.53. The molecule has 5 nitrogen and oxygen atoms in total. The Morgan fingerprint density at radius 1 is 1.20 bits per heavy atom. The molecule has 0 aliphatic heterocycles. The number of nitrogens with one attached hydrogen (secondary N) is 1. The van der Waals surface area contributed by atoms with Crippen LogP contribution < -0.4 is 5.32 Å². The highest BCUT2D eigenvalue weighted by Gasteiger charge is 2.35. The van der Waals surface area contributed by atoms with Crippen LogP contribution in [0.2, 0.25) is 0 Å². The second-order valence-electron chi connectivity index (χ2n) is 5.58. The quantitative estimate of drug-likeness (QED) is 0.741. The van der Waals surface area contributed by atoms with Gasteiger partial charge in [-0.15, -0.1) is 0 Å². The van der Waals surface area contributed by atoms with E-state index < -0.39 is 17.1 Å². The molecule has 0 saturated heterocycles. The number of carbonyl (C=O) groups is 2. The smallest absolute Gasteiger partial charge is 0.339 e. The summed E-state index contributed by atoms with van der Waals surface area (Å²) in [5.41, 5.74) is -0.498. The predicted octanol–water partition coefficient (Wildman–Crippen LogP) is 3.00. The lowest BCUT2D eigenvalue weighted by Crippen LogP contribution is -2.35. The van der Waals surface area contributed by atoms with Crippen LogP contribution in [0.25, 0.3) is 0 Å². The van der Waals surface area contributed by atoms with Gasteiger partial charge in [-0.05, 0) is 25.0 Å². The van der Waals surface area contributed by atoms with Gasteiger partial charge in [-0.25, -0.2) is 4.79 Å². The van der Waals surface area contributed by atoms with E-state index in [1.165, 1.54) is 18.2 Å². The molecule has 0 spiro atoms. The molecule has 1 aromatic carbocycles. The number of benzene rings is 1. The summed E-state index contributed by atoms with van der Waals surface area (Å²) in [6.07, 6.45) is 4.81. The van der Waals surface area contributed by atoms with Gasteiger partial charge in [-0.2, -0.15) is 0 Å². The third-order valence-electron chi connectivity index (χ3n) is 4.02. The van der Waals surface area contributed by atoms with Crippen molar-refractivity contribution < 1.29 is 19.8 Å². The van der Waals surface area contributed by atoms with Crippen LogP contribution in [0.1, 0.15) is 49.4 Å². The molecule has 5 heteroatoms. The van der Waals surface area contributed by atoms with E-state index in [0.29, 0.717) is 0 Å². The summed E-state index contributed by atoms with van der Waals surface area (Å²) in [6, 6.07) is 4.31. The summed E-state index contributed by atoms with van der Waals surface area (Å²) in [4.78, 5) is 23.3. The normalized spacial score (nSPS) is 17.4. The van der Waals surface area contributed by atoms with Gasteiger partial charge in [-0.1, -0.05) is 32.3 Å². The van der Waals surface area contributed by atoms with Crippen LogP contribution in [0.5, 0.6) is 5.75 Å². The second-order valence-corrected chi connectivity index (χ2v) is 5.58. The molecule has 1 fully saturated rings. The summed E-state index contributed by atoms with van der Waals surface area (Å²) in [7, 11) is 0. The average Bonchev–Trinajstić information content (AvgIpc) is 2.41. The minimum Gasteiger partial charge on any atom is -0.505 e. The first kappa shape index (κ1) is 14.4. The highest BCUT2D eigenvalue weighted by atomic mass is 16.4. The van der Waals surface area contributed by atoms with E-state index in [1.807, 2.05) is 6.92 Å². The zero-order valence-electron chi connectivity index (χ0n) is 11.5. The number of rotatable bonds is 3. The Labute approximate surface area is 117 Å². The van der Waals surface area contributed by atoms with Gasteiger partial charge in [0.05, 0.1) is 5.69 Å². The first-order chi connectivity index (χ1) is 9.44. The minimum absolute atomic E-state index is 0.154. The molecule has 0 unspecified atom stereocenters. The molecule has 1 amide bonds. The summed E-state index contributed by atoms with van der Waals surface area (Å²) in [5, 5.41) is 21.5. The van der Waals surface area contributed by atoms with E-state index in [9.17, 15) is 14.7 Å². The zero-order chi connectivity index (χ0) is 14.8. The van der Waals surface area contributed by atoms with Gasteiger partial charge in [0.1, 0.15) is 5.56 Å². The minimum atomic E-state index is -1.22. The topological polar surface area (TPSA) is 86.6 Å². The number of para-hydroxylation sites is 1. The van der Waals surface area contributed by atoms with Crippen molar-refractivity contribution in [2.45, 2.75) is 39.0 Å². The first-order valence-electron chi connectivity index (χ1n) is 6.81. The number of aromatic carboxylic acids is 1. The molecule has 0 atom stereocenters. The van der Waals surface area contributed by atoms with Crippen molar-refractivity contribution in [3.8, 4) is 5.75 Å². The van der Waals surface area contributed by atoms with Crippen molar-refractivity contribution in [3.63, 3.8) is 0 Å². The van der Waals surface area contributed by atoms with Gasteiger partial charge >= 0.3 is 5.97 Å². The van der Waals surface area contributed by atoms with Gasteiger partial charge < -0.3 is 15.5 Å². The van der Waals surface area contributed by atoms with Crippen molar-refractivity contribution in [1.82, 2.24) is 0 Å². The molecule has 1 aromatic rings. The molecular weight excluding hydrogens is 258 g/mol. The maximum absolute atomic E-state index is 12.4. The SMILES string of the molecule is CC1(C(=O)Nc2cccc(C(=O)O)c2O)CCCCC1. The molecular formula is C15H19NO4. The number of carboxylic acids is 1. The van der Waals surface area contributed by atoms with Crippen LogP contribution in [0, 0.1) is 5.41 Å². The Kier molecular flexibility index (Phi) is 3.97. The van der Waals surface area contributed by atoms with Gasteiger partial charge in [0.15, 0.2) is 5.75 Å². The van der Waals surface area contributed by atoms with Gasteiger partial charge in [0.2, 0.25) is 5.91 Å². The molecule has 0 heterocycles. The third kappa shape index (κ3) is 2.76. The van der Waals surface area contributed by atoms with Crippen molar-refractivity contribution in [1.29, 1.82) is 0 Å². The Bertz CT molecular complexity index is 533. The van der Waals surface area contributed by atoms with Crippen LogP contribution in [0.15, 0.2) is 18.2 Å². The van der Waals surface area contributed by atoms with Gasteiger partial charge in [-0.3, -0.25) is 4.79 Å². The van der Waals surface area contributed by atoms with Crippen LogP contribution in [-0.4, -0.2) is 22.1 Å². The first-order valence-corrected chi connectivity index (χ1v) is 6.81. The predicted molar refractivity (Wildman–Crippen MR) is 74.9 cm³/mol. The highest BCUT2D eigenvalue weighted by Crippen LogP contribution is 2.38. The Balaban J connectivity index is 2.19. The van der Waals surface area contributed by atoms with E-state index in [1.54, 1.807) is 0 Å². The highest BCUT2D eigenvalue weighted by molar-refractivity contribution is 5.99. The van der Waals surface area contributed by atoms with Crippen molar-refractivity contribution in [2.24, 2.45) is 5.41 Å². The fourth-order valence-corrected chi connectivity index (χ4v) is 2.65. The Morgan fingerprint density at radius 3 is 2.45 bits per heavy atom. The molecule has 3 N–H and O–H groups in total. The maximum Gasteiger partial charge on any atom is 0.339 e. The van der Waals surface area contributed by atoms with E-state index in [4.69, 9.17) is 5.11 Å². The molecule has 20 heavy (non-hydrogen) atoms. The van der Waals surface area contributed by atoms with Crippen molar-refractivity contribution >= 4 is 17.6 Å². The molecule has 0 aromatic heterocycles. The molecule has 1 aliphatic rings. The van der Waals surface area contributed by atoms with Gasteiger partial charge in [0, 0.05) is 5.41 Å². The average molecular weight is 277 g/mol. The van der Waals surface area contributed by atoms with Crippen molar-refractivity contribution in [2.75, 3.05) is 5.32 Å². The van der Waals surface area contributed by atoms with E-state index >= 15 is 0 Å². The number of hydrogen-bond donors (Lipinski definition) is 3. The third-order valence-corrected chi connectivity index (χ3v) is 4.02. The summed E-state index contributed by atoms with van der Waals surface area (Å²) < 4.78 is 0. The lowest BCUT2D eigenvalue weighted by Gasteiger charge is -2.32. The fourth-order valence-electron chi connectivity index (χ4n) is 2.65. The lowest BCUT2D eigenvalue weighted by atomic mass is 9.75. The number of hydrogen-bond acceptors (Lipinski definition) is 3. The number of phenols is 1. The number of carbonyl (C=O) groups excluding carboxylic acids is 1. The van der Waals surface area contributed by atoms with Crippen LogP contribution in [-0.2, 0) is 4.79 Å². The number of anilines is 1. The monoisotopic (exact) mass is 277 g/mol. The maximum atomic E-state index is 12.4. The van der Waals surface area contributed by atoms with Crippen LogP contribution in [0.3, 0.4) is 0 Å². The molecule has 0 radical (unpaired) electrons. The summed E-state index contributed by atoms with van der Waals surface area (Å²) in [5.74, 6) is -1.77. The summed E-state index contributed by atoms with van der Waals surface area (Å²) >= 11 is 0. The molecule has 1 saturated carbocycles. The van der Waals surface area contributed by atoms with Gasteiger partial charge in [0.25, 0.3) is 0 Å². The number of amides is 1. The fraction of sp³-hybridized carbons (Fsp3) is 0.467. The largest absolute Gasteiger partial charge is 0.505 e. The van der Waals surface area contributed by atoms with E-state index in [2.05, 4.69) is 5.32 Å². The molecule has 1 aliphatic carbocycles. The van der Waals surface area contributed by atoms with Crippen LogP contribution in [0.4, 0.5) is 5.69 Å². The molecule has 2 rings (SSSR count). The Hall–Kier alpha value is -2.04. The number of aromatic hydroxyl groups is 1. The van der Waals surface area contributed by atoms with Crippen LogP contribution >= 0.6 is 0 Å². The number of carboxylic acid groups (broad SMARTS) is 1. The molecule has 108 valence electrons. The Morgan fingerprint density at radius 2 is 1.85 bits per heavy atom. The van der Waals surface area contributed by atoms with E-state index in [0.717, 1.165) is 32.1 Å². The lowest BCUT2D eigenvalue weighted by molar-refractivity contribution is -0.126.